The molecule has 6 nitrogen and oxygen atoms in total. The second-order valence-electron chi connectivity index (χ2n) is 8.70. The van der Waals surface area contributed by atoms with E-state index in [4.69, 9.17) is 0 Å². The van der Waals surface area contributed by atoms with E-state index in [1.807, 2.05) is 47.6 Å². The van der Waals surface area contributed by atoms with E-state index < -0.39 is 10.0 Å². The van der Waals surface area contributed by atoms with Gasteiger partial charge in [0.05, 0.1) is 17.1 Å². The van der Waals surface area contributed by atoms with E-state index in [9.17, 15) is 13.2 Å². The first-order valence-electron chi connectivity index (χ1n) is 10.4. The van der Waals surface area contributed by atoms with Crippen LogP contribution in [0.5, 0.6) is 0 Å². The van der Waals surface area contributed by atoms with Crippen LogP contribution in [0.3, 0.4) is 0 Å². The van der Waals surface area contributed by atoms with Gasteiger partial charge in [-0.25, -0.2) is 8.42 Å². The second kappa shape index (κ2) is 9.73. The third-order valence-electron chi connectivity index (χ3n) is 5.44. The predicted octanol–water partition coefficient (Wildman–Crippen LogP) is 3.65. The van der Waals surface area contributed by atoms with Crippen molar-refractivity contribution in [3.63, 3.8) is 0 Å². The number of thioether (sulfide) groups is 1. The van der Waals surface area contributed by atoms with Crippen molar-refractivity contribution in [2.24, 2.45) is 0 Å². The van der Waals surface area contributed by atoms with Gasteiger partial charge >= 0.3 is 0 Å². The van der Waals surface area contributed by atoms with Crippen LogP contribution in [0.15, 0.2) is 58.3 Å². The van der Waals surface area contributed by atoms with Crippen LogP contribution in [-0.4, -0.2) is 62.5 Å². The highest BCUT2D eigenvalue weighted by Gasteiger charge is 2.29. The summed E-state index contributed by atoms with van der Waals surface area (Å²) in [5.41, 5.74) is 1.88. The van der Waals surface area contributed by atoms with Gasteiger partial charge in [0.1, 0.15) is 0 Å². The monoisotopic (exact) mass is 461 g/mol. The molecule has 0 aliphatic carbocycles. The molecule has 1 fully saturated rings. The molecule has 0 atom stereocenters. The number of piperazine rings is 1. The summed E-state index contributed by atoms with van der Waals surface area (Å²) in [6.45, 7) is 8.35. The lowest BCUT2D eigenvalue weighted by molar-refractivity contribution is -0.117. The molecule has 1 aliphatic rings. The van der Waals surface area contributed by atoms with Crippen LogP contribution in [0.1, 0.15) is 26.3 Å². The molecule has 31 heavy (non-hydrogen) atoms. The van der Waals surface area contributed by atoms with Crippen molar-refractivity contribution < 1.29 is 13.2 Å². The molecule has 2 aromatic rings. The average Bonchev–Trinajstić information content (AvgIpc) is 2.74. The van der Waals surface area contributed by atoms with E-state index in [2.05, 4.69) is 26.1 Å². The predicted molar refractivity (Wildman–Crippen MR) is 127 cm³/mol. The molecule has 0 saturated carbocycles. The van der Waals surface area contributed by atoms with Crippen molar-refractivity contribution in [3.8, 4) is 0 Å². The fourth-order valence-corrected chi connectivity index (χ4v) is 5.52. The molecule has 8 heteroatoms. The number of para-hydroxylation sites is 1. The zero-order valence-electron chi connectivity index (χ0n) is 18.6. The lowest BCUT2D eigenvalue weighted by Crippen LogP contribution is -2.50. The van der Waals surface area contributed by atoms with Crippen LogP contribution in [-0.2, 0) is 20.2 Å². The minimum absolute atomic E-state index is 0.0230. The van der Waals surface area contributed by atoms with Crippen molar-refractivity contribution in [3.05, 3.63) is 54.1 Å². The molecule has 2 aromatic carbocycles. The van der Waals surface area contributed by atoms with E-state index in [0.29, 0.717) is 31.1 Å². The Labute approximate surface area is 190 Å². The highest BCUT2D eigenvalue weighted by Crippen LogP contribution is 2.26. The third-order valence-corrected chi connectivity index (χ3v) is 8.15. The SMILES string of the molecule is CSc1ccccc1NC(=O)CN1CCN(S(=O)(=O)c2ccc(C(C)(C)C)cc2)CC1. The molecule has 0 spiro atoms. The smallest absolute Gasteiger partial charge is 0.243 e. The van der Waals surface area contributed by atoms with Crippen molar-refractivity contribution >= 4 is 33.4 Å². The summed E-state index contributed by atoms with van der Waals surface area (Å²) < 4.78 is 27.5. The zero-order chi connectivity index (χ0) is 22.6. The minimum atomic E-state index is -3.53. The molecule has 1 saturated heterocycles. The first-order valence-corrected chi connectivity index (χ1v) is 13.0. The zero-order valence-corrected chi connectivity index (χ0v) is 20.2. The second-order valence-corrected chi connectivity index (χ2v) is 11.5. The number of rotatable bonds is 6. The Morgan fingerprint density at radius 2 is 1.61 bits per heavy atom. The van der Waals surface area contributed by atoms with Crippen LogP contribution in [0, 0.1) is 0 Å². The summed E-state index contributed by atoms with van der Waals surface area (Å²) in [6, 6.07) is 14.9. The van der Waals surface area contributed by atoms with Crippen molar-refractivity contribution in [1.29, 1.82) is 0 Å². The summed E-state index contributed by atoms with van der Waals surface area (Å²) >= 11 is 1.58. The normalized spacial score (nSPS) is 16.3. The van der Waals surface area contributed by atoms with Gasteiger partial charge in [-0.15, -0.1) is 11.8 Å². The topological polar surface area (TPSA) is 69.7 Å². The first-order chi connectivity index (χ1) is 14.6. The van der Waals surface area contributed by atoms with Crippen LogP contribution in [0.2, 0.25) is 0 Å². The Morgan fingerprint density at radius 1 is 1.00 bits per heavy atom. The molecule has 0 bridgehead atoms. The summed E-state index contributed by atoms with van der Waals surface area (Å²) in [7, 11) is -3.53. The average molecular weight is 462 g/mol. The number of carbonyl (C=O) groups excluding carboxylic acids is 1. The van der Waals surface area contributed by atoms with E-state index in [0.717, 1.165) is 16.1 Å². The van der Waals surface area contributed by atoms with Crippen LogP contribution in [0.25, 0.3) is 0 Å². The maximum absolute atomic E-state index is 13.0. The highest BCUT2D eigenvalue weighted by atomic mass is 32.2. The minimum Gasteiger partial charge on any atom is -0.324 e. The van der Waals surface area contributed by atoms with E-state index >= 15 is 0 Å². The van der Waals surface area contributed by atoms with E-state index in [-0.39, 0.29) is 17.9 Å². The number of amides is 1. The fourth-order valence-electron chi connectivity index (χ4n) is 3.54. The number of hydrogen-bond acceptors (Lipinski definition) is 5. The van der Waals surface area contributed by atoms with E-state index in [1.165, 1.54) is 4.31 Å². The number of nitrogens with one attached hydrogen (secondary N) is 1. The number of nitrogens with zero attached hydrogens (tertiary/aromatic N) is 2. The molecule has 0 aromatic heterocycles. The Hall–Kier alpha value is -1.87. The lowest BCUT2D eigenvalue weighted by atomic mass is 9.87. The number of sulfonamides is 1. The molecule has 1 amide bonds. The standard InChI is InChI=1S/C23H31N3O3S2/c1-23(2,3)18-9-11-19(12-10-18)31(28,29)26-15-13-25(14-16-26)17-22(27)24-20-7-5-6-8-21(20)30-4/h5-12H,13-17H2,1-4H3,(H,24,27). The summed E-state index contributed by atoms with van der Waals surface area (Å²) in [5, 5.41) is 2.96. The number of benzene rings is 2. The van der Waals surface area contributed by atoms with Gasteiger partial charge in [0.2, 0.25) is 15.9 Å². The van der Waals surface area contributed by atoms with Crippen LogP contribution >= 0.6 is 11.8 Å². The molecule has 0 unspecified atom stereocenters. The molecular weight excluding hydrogens is 430 g/mol. The van der Waals surface area contributed by atoms with Crippen LogP contribution < -0.4 is 5.32 Å². The van der Waals surface area contributed by atoms with Crippen molar-refractivity contribution in [1.82, 2.24) is 9.21 Å². The van der Waals surface area contributed by atoms with Gasteiger partial charge in [0.25, 0.3) is 0 Å². The molecule has 0 radical (unpaired) electrons. The quantitative estimate of drug-likeness (QED) is 0.665. The van der Waals surface area contributed by atoms with Gasteiger partial charge in [0.15, 0.2) is 0 Å². The van der Waals surface area contributed by atoms with E-state index in [1.54, 1.807) is 23.9 Å². The molecule has 1 N–H and O–H groups in total. The maximum atomic E-state index is 13.0. The third kappa shape index (κ3) is 5.88. The number of carbonyl (C=O) groups is 1. The van der Waals surface area contributed by atoms with Gasteiger partial charge in [-0.3, -0.25) is 9.69 Å². The van der Waals surface area contributed by atoms with Crippen molar-refractivity contribution in [2.45, 2.75) is 36.0 Å². The van der Waals surface area contributed by atoms with Gasteiger partial charge in [-0.1, -0.05) is 45.0 Å². The Kier molecular flexibility index (Phi) is 7.47. The highest BCUT2D eigenvalue weighted by molar-refractivity contribution is 7.98. The molecule has 1 aliphatic heterocycles. The van der Waals surface area contributed by atoms with Crippen LogP contribution in [0.4, 0.5) is 5.69 Å². The van der Waals surface area contributed by atoms with Gasteiger partial charge in [0, 0.05) is 31.1 Å². The first kappa shape index (κ1) is 23.8. The number of anilines is 1. The molecular formula is C23H31N3O3S2. The van der Waals surface area contributed by atoms with Gasteiger partial charge < -0.3 is 5.32 Å². The molecule has 1 heterocycles. The maximum Gasteiger partial charge on any atom is 0.243 e. The summed E-state index contributed by atoms with van der Waals surface area (Å²) in [6.07, 6.45) is 1.97. The van der Waals surface area contributed by atoms with Gasteiger partial charge in [-0.2, -0.15) is 4.31 Å². The molecule has 168 valence electrons. The summed E-state index contributed by atoms with van der Waals surface area (Å²) in [4.78, 5) is 15.8. The molecule has 3 rings (SSSR count). The van der Waals surface area contributed by atoms with Crippen molar-refractivity contribution in [2.75, 3.05) is 44.3 Å². The Bertz CT molecular complexity index is 1010. The lowest BCUT2D eigenvalue weighted by Gasteiger charge is -2.33. The fraction of sp³-hybridized carbons (Fsp3) is 0.435. The number of hydrogen-bond donors (Lipinski definition) is 1. The Morgan fingerprint density at radius 3 is 2.19 bits per heavy atom. The summed E-state index contributed by atoms with van der Waals surface area (Å²) in [5.74, 6) is -0.0874. The Balaban J connectivity index is 1.56. The van der Waals surface area contributed by atoms with Gasteiger partial charge in [-0.05, 0) is 41.5 Å². The largest absolute Gasteiger partial charge is 0.324 e.